The van der Waals surface area contributed by atoms with E-state index in [9.17, 15) is 26.4 Å². The first-order valence-electron chi connectivity index (χ1n) is 7.81. The van der Waals surface area contributed by atoms with E-state index < -0.39 is 22.3 Å². The molecule has 0 aromatic heterocycles. The van der Waals surface area contributed by atoms with Crippen LogP contribution in [0, 0.1) is 0 Å². The molecule has 1 N–H and O–H groups in total. The minimum atomic E-state index is -4.78. The van der Waals surface area contributed by atoms with Gasteiger partial charge in [-0.3, -0.25) is 9.10 Å². The highest BCUT2D eigenvalue weighted by Crippen LogP contribution is 2.31. The van der Waals surface area contributed by atoms with Crippen molar-refractivity contribution in [1.29, 1.82) is 0 Å². The fourth-order valence-corrected chi connectivity index (χ4v) is 3.76. The van der Waals surface area contributed by atoms with Gasteiger partial charge in [0.15, 0.2) is 0 Å². The number of anilines is 2. The van der Waals surface area contributed by atoms with Crippen LogP contribution in [0.2, 0.25) is 0 Å². The summed E-state index contributed by atoms with van der Waals surface area (Å²) in [6.07, 6.45) is -3.17. The second kappa shape index (κ2) is 6.76. The van der Waals surface area contributed by atoms with E-state index in [1.165, 1.54) is 22.5 Å². The summed E-state index contributed by atoms with van der Waals surface area (Å²) in [6.45, 7) is 0.319. The van der Waals surface area contributed by atoms with Gasteiger partial charge in [0, 0.05) is 17.8 Å². The fraction of sp³-hybridized carbons (Fsp3) is 0.235. The molecule has 10 heteroatoms. The van der Waals surface area contributed by atoms with Gasteiger partial charge in [-0.2, -0.15) is 0 Å². The molecule has 1 heterocycles. The van der Waals surface area contributed by atoms with Crippen molar-refractivity contribution in [3.63, 3.8) is 0 Å². The number of alkyl halides is 3. The number of hydrogen-bond acceptors (Lipinski definition) is 4. The topological polar surface area (TPSA) is 75.7 Å². The summed E-state index contributed by atoms with van der Waals surface area (Å²) < 4.78 is 65.0. The summed E-state index contributed by atoms with van der Waals surface area (Å²) in [5.41, 5.74) is 1.90. The first kappa shape index (κ1) is 19.0. The number of rotatable bonds is 4. The Morgan fingerprint density at radius 1 is 1.15 bits per heavy atom. The third-order valence-electron chi connectivity index (χ3n) is 3.94. The van der Waals surface area contributed by atoms with Gasteiger partial charge in [-0.15, -0.1) is 13.2 Å². The van der Waals surface area contributed by atoms with Crippen molar-refractivity contribution in [2.24, 2.45) is 0 Å². The highest BCUT2D eigenvalue weighted by molar-refractivity contribution is 7.92. The number of fused-ring (bicyclic) bond motifs is 1. The van der Waals surface area contributed by atoms with Crippen LogP contribution in [0.15, 0.2) is 42.5 Å². The number of carbonyl (C=O) groups excluding carboxylic acids is 1. The third kappa shape index (κ3) is 4.51. The number of nitrogens with one attached hydrogen (secondary N) is 1. The van der Waals surface area contributed by atoms with Crippen LogP contribution in [0.5, 0.6) is 5.75 Å². The van der Waals surface area contributed by atoms with Gasteiger partial charge < -0.3 is 10.1 Å². The maximum absolute atomic E-state index is 12.4. The Labute approximate surface area is 153 Å². The average molecular weight is 400 g/mol. The van der Waals surface area contributed by atoms with Crippen LogP contribution >= 0.6 is 0 Å². The number of carbonyl (C=O) groups is 1. The average Bonchev–Trinajstić information content (AvgIpc) is 2.98. The number of ether oxygens (including phenoxy) is 1. The number of halogens is 3. The first-order chi connectivity index (χ1) is 12.5. The highest BCUT2D eigenvalue weighted by Gasteiger charge is 2.31. The van der Waals surface area contributed by atoms with E-state index in [1.54, 1.807) is 12.1 Å². The molecule has 1 aliphatic rings. The molecule has 0 aliphatic carbocycles. The molecule has 0 spiro atoms. The Kier molecular flexibility index (Phi) is 4.77. The van der Waals surface area contributed by atoms with Crippen LogP contribution < -0.4 is 14.4 Å². The Morgan fingerprint density at radius 2 is 1.81 bits per heavy atom. The lowest BCUT2D eigenvalue weighted by Gasteiger charge is -2.16. The maximum Gasteiger partial charge on any atom is 0.573 e. The van der Waals surface area contributed by atoms with E-state index in [0.29, 0.717) is 29.9 Å². The van der Waals surface area contributed by atoms with Gasteiger partial charge in [0.1, 0.15) is 5.75 Å². The molecule has 1 aliphatic heterocycles. The molecular weight excluding hydrogens is 385 g/mol. The van der Waals surface area contributed by atoms with E-state index in [2.05, 4.69) is 10.1 Å². The predicted octanol–water partition coefficient (Wildman–Crippen LogP) is 3.16. The minimum Gasteiger partial charge on any atom is -0.406 e. The van der Waals surface area contributed by atoms with Gasteiger partial charge in [-0.25, -0.2) is 8.42 Å². The fourth-order valence-electron chi connectivity index (χ4n) is 2.80. The summed E-state index contributed by atoms with van der Waals surface area (Å²) in [7, 11) is -3.37. The summed E-state index contributed by atoms with van der Waals surface area (Å²) >= 11 is 0. The van der Waals surface area contributed by atoms with Crippen LogP contribution in [0.25, 0.3) is 0 Å². The lowest BCUT2D eigenvalue weighted by atomic mass is 10.1. The van der Waals surface area contributed by atoms with E-state index in [0.717, 1.165) is 24.0 Å². The van der Waals surface area contributed by atoms with Crippen molar-refractivity contribution in [2.45, 2.75) is 12.8 Å². The van der Waals surface area contributed by atoms with Crippen LogP contribution in [-0.2, 0) is 16.4 Å². The predicted molar refractivity (Wildman–Crippen MR) is 93.4 cm³/mol. The monoisotopic (exact) mass is 400 g/mol. The largest absolute Gasteiger partial charge is 0.573 e. The molecule has 3 rings (SSSR count). The molecule has 6 nitrogen and oxygen atoms in total. The highest BCUT2D eigenvalue weighted by atomic mass is 32.2. The first-order valence-corrected chi connectivity index (χ1v) is 9.65. The van der Waals surface area contributed by atoms with E-state index in [-0.39, 0.29) is 5.75 Å². The molecule has 144 valence electrons. The molecule has 2 aromatic rings. The standard InChI is InChI=1S/C17H15F3N2O4S/c1-27(24,25)22-9-8-11-10-12(2-7-15(11)22)16(23)21-13-3-5-14(6-4-13)26-17(18,19)20/h2-7,10H,8-9H2,1H3,(H,21,23). The molecule has 0 bridgehead atoms. The smallest absolute Gasteiger partial charge is 0.406 e. The van der Waals surface area contributed by atoms with Gasteiger partial charge in [-0.1, -0.05) is 0 Å². The molecule has 27 heavy (non-hydrogen) atoms. The zero-order valence-electron chi connectivity index (χ0n) is 14.1. The Bertz CT molecular complexity index is 973. The van der Waals surface area contributed by atoms with E-state index >= 15 is 0 Å². The number of hydrogen-bond donors (Lipinski definition) is 1. The molecule has 0 saturated heterocycles. The number of nitrogens with zero attached hydrogens (tertiary/aromatic N) is 1. The van der Waals surface area contributed by atoms with Crippen molar-refractivity contribution in [2.75, 3.05) is 22.4 Å². The van der Waals surface area contributed by atoms with Gasteiger partial charge in [0.05, 0.1) is 11.9 Å². The SMILES string of the molecule is CS(=O)(=O)N1CCc2cc(C(=O)Nc3ccc(OC(F)(F)F)cc3)ccc21. The summed E-state index contributed by atoms with van der Waals surface area (Å²) in [6, 6.07) is 9.44. The third-order valence-corrected chi connectivity index (χ3v) is 5.12. The summed E-state index contributed by atoms with van der Waals surface area (Å²) in [4.78, 5) is 12.4. The molecule has 2 aromatic carbocycles. The quantitative estimate of drug-likeness (QED) is 0.856. The molecule has 0 fully saturated rings. The van der Waals surface area contributed by atoms with Crippen LogP contribution in [0.1, 0.15) is 15.9 Å². The van der Waals surface area contributed by atoms with Crippen molar-refractivity contribution in [3.05, 3.63) is 53.6 Å². The van der Waals surface area contributed by atoms with E-state index in [1.807, 2.05) is 0 Å². The van der Waals surface area contributed by atoms with Gasteiger partial charge in [0.2, 0.25) is 10.0 Å². The van der Waals surface area contributed by atoms with Crippen LogP contribution in [-0.4, -0.2) is 33.5 Å². The minimum absolute atomic E-state index is 0.299. The Morgan fingerprint density at radius 3 is 2.41 bits per heavy atom. The van der Waals surface area contributed by atoms with Crippen molar-refractivity contribution >= 4 is 27.3 Å². The molecule has 0 saturated carbocycles. The number of amides is 1. The van der Waals surface area contributed by atoms with Crippen molar-refractivity contribution in [1.82, 2.24) is 0 Å². The lowest BCUT2D eigenvalue weighted by Crippen LogP contribution is -2.27. The van der Waals surface area contributed by atoms with Gasteiger partial charge in [-0.05, 0) is 54.4 Å². The summed E-state index contributed by atoms with van der Waals surface area (Å²) in [5, 5.41) is 2.57. The zero-order valence-corrected chi connectivity index (χ0v) is 14.9. The zero-order chi connectivity index (χ0) is 19.8. The Balaban J connectivity index is 1.72. The Hall–Kier alpha value is -2.75. The lowest BCUT2D eigenvalue weighted by molar-refractivity contribution is -0.274. The molecule has 0 radical (unpaired) electrons. The van der Waals surface area contributed by atoms with Crippen molar-refractivity contribution < 1.29 is 31.1 Å². The van der Waals surface area contributed by atoms with E-state index in [4.69, 9.17) is 0 Å². The molecule has 1 amide bonds. The van der Waals surface area contributed by atoms with Gasteiger partial charge in [0.25, 0.3) is 5.91 Å². The second-order valence-electron chi connectivity index (χ2n) is 5.95. The molecule has 0 unspecified atom stereocenters. The van der Waals surface area contributed by atoms with Crippen LogP contribution in [0.4, 0.5) is 24.5 Å². The van der Waals surface area contributed by atoms with Crippen molar-refractivity contribution in [3.8, 4) is 5.75 Å². The normalized spacial score (nSPS) is 14.0. The number of benzene rings is 2. The molecular formula is C17H15F3N2O4S. The number of sulfonamides is 1. The molecule has 0 atom stereocenters. The van der Waals surface area contributed by atoms with Gasteiger partial charge >= 0.3 is 6.36 Å². The summed E-state index contributed by atoms with van der Waals surface area (Å²) in [5.74, 6) is -0.848. The second-order valence-corrected chi connectivity index (χ2v) is 7.86. The van der Waals surface area contributed by atoms with Crippen LogP contribution in [0.3, 0.4) is 0 Å². The maximum atomic E-state index is 12.4.